The van der Waals surface area contributed by atoms with Gasteiger partial charge in [-0.05, 0) is 30.9 Å². The Bertz CT molecular complexity index is 408. The Labute approximate surface area is 124 Å². The lowest BCUT2D eigenvalue weighted by molar-refractivity contribution is 0.150. The SMILES string of the molecule is CC(C)NC(CO)(CSc1ccc(Cl)cn1)C1CC1. The molecule has 1 aromatic heterocycles. The third-order valence-corrected chi connectivity index (χ3v) is 4.82. The first kappa shape index (κ1) is 15.1. The molecule has 1 aliphatic carbocycles. The predicted octanol–water partition coefficient (Wildman–Crippen LogP) is 2.97. The van der Waals surface area contributed by atoms with Crippen molar-refractivity contribution in [2.75, 3.05) is 12.4 Å². The van der Waals surface area contributed by atoms with Gasteiger partial charge in [-0.2, -0.15) is 0 Å². The first-order valence-corrected chi connectivity index (χ1v) is 8.05. The van der Waals surface area contributed by atoms with Gasteiger partial charge in [0.05, 0.1) is 22.2 Å². The summed E-state index contributed by atoms with van der Waals surface area (Å²) in [5.74, 6) is 1.42. The molecule has 0 bridgehead atoms. The fraction of sp³-hybridized carbons (Fsp3) is 0.643. The van der Waals surface area contributed by atoms with Crippen LogP contribution in [0.3, 0.4) is 0 Å². The number of aliphatic hydroxyl groups excluding tert-OH is 1. The summed E-state index contributed by atoms with van der Waals surface area (Å²) < 4.78 is 0. The number of thioether (sulfide) groups is 1. The van der Waals surface area contributed by atoms with Crippen LogP contribution in [0, 0.1) is 5.92 Å². The topological polar surface area (TPSA) is 45.1 Å². The van der Waals surface area contributed by atoms with Crippen molar-refractivity contribution in [2.45, 2.75) is 43.3 Å². The maximum Gasteiger partial charge on any atom is 0.0961 e. The largest absolute Gasteiger partial charge is 0.394 e. The van der Waals surface area contributed by atoms with E-state index in [0.717, 1.165) is 10.8 Å². The van der Waals surface area contributed by atoms with Crippen LogP contribution in [0.4, 0.5) is 0 Å². The van der Waals surface area contributed by atoms with Crippen LogP contribution in [0.5, 0.6) is 0 Å². The Balaban J connectivity index is 2.01. The van der Waals surface area contributed by atoms with Crippen LogP contribution in [-0.2, 0) is 0 Å². The van der Waals surface area contributed by atoms with Gasteiger partial charge >= 0.3 is 0 Å². The molecule has 1 aromatic rings. The van der Waals surface area contributed by atoms with E-state index in [1.54, 1.807) is 18.0 Å². The molecule has 19 heavy (non-hydrogen) atoms. The van der Waals surface area contributed by atoms with Crippen LogP contribution < -0.4 is 5.32 Å². The van der Waals surface area contributed by atoms with Crippen LogP contribution >= 0.6 is 23.4 Å². The highest BCUT2D eigenvalue weighted by molar-refractivity contribution is 7.99. The van der Waals surface area contributed by atoms with Gasteiger partial charge in [-0.3, -0.25) is 0 Å². The number of rotatable bonds is 7. The zero-order chi connectivity index (χ0) is 13.9. The van der Waals surface area contributed by atoms with E-state index >= 15 is 0 Å². The van der Waals surface area contributed by atoms with E-state index < -0.39 is 0 Å². The Kier molecular flexibility index (Phi) is 5.12. The van der Waals surface area contributed by atoms with Crippen molar-refractivity contribution in [2.24, 2.45) is 5.92 Å². The fourth-order valence-electron chi connectivity index (χ4n) is 2.36. The fourth-order valence-corrected chi connectivity index (χ4v) is 3.58. The number of aromatic nitrogens is 1. The van der Waals surface area contributed by atoms with E-state index in [0.29, 0.717) is 17.0 Å². The van der Waals surface area contributed by atoms with Gasteiger partial charge in [0.25, 0.3) is 0 Å². The smallest absolute Gasteiger partial charge is 0.0961 e. The van der Waals surface area contributed by atoms with Crippen LogP contribution in [0.15, 0.2) is 23.4 Å². The highest BCUT2D eigenvalue weighted by Gasteiger charge is 2.45. The standard InChI is InChI=1S/C14H21ClN2OS/c1-10(2)17-14(8-18,11-3-4-11)9-19-13-6-5-12(15)7-16-13/h5-7,10-11,17-18H,3-4,8-9H2,1-2H3. The number of aliphatic hydroxyl groups is 1. The second-order valence-electron chi connectivity index (χ2n) is 5.49. The zero-order valence-corrected chi connectivity index (χ0v) is 13.0. The molecule has 0 aromatic carbocycles. The highest BCUT2D eigenvalue weighted by atomic mass is 35.5. The average molecular weight is 301 g/mol. The van der Waals surface area contributed by atoms with Crippen molar-refractivity contribution >= 4 is 23.4 Å². The number of nitrogens with zero attached hydrogens (tertiary/aromatic N) is 1. The van der Waals surface area contributed by atoms with E-state index in [1.807, 2.05) is 12.1 Å². The molecule has 3 nitrogen and oxygen atoms in total. The number of hydrogen-bond donors (Lipinski definition) is 2. The lowest BCUT2D eigenvalue weighted by Crippen LogP contribution is -2.55. The molecule has 106 valence electrons. The van der Waals surface area contributed by atoms with Gasteiger partial charge in [-0.25, -0.2) is 4.98 Å². The van der Waals surface area contributed by atoms with Crippen LogP contribution in [0.25, 0.3) is 0 Å². The van der Waals surface area contributed by atoms with Gasteiger partial charge in [0.1, 0.15) is 0 Å². The normalized spacial score (nSPS) is 18.6. The molecule has 0 radical (unpaired) electrons. The number of pyridine rings is 1. The van der Waals surface area contributed by atoms with Gasteiger partial charge in [0.2, 0.25) is 0 Å². The van der Waals surface area contributed by atoms with Crippen molar-refractivity contribution in [3.8, 4) is 0 Å². The van der Waals surface area contributed by atoms with Crippen molar-refractivity contribution in [3.63, 3.8) is 0 Å². The summed E-state index contributed by atoms with van der Waals surface area (Å²) in [7, 11) is 0. The Morgan fingerprint density at radius 2 is 2.26 bits per heavy atom. The summed E-state index contributed by atoms with van der Waals surface area (Å²) in [6.45, 7) is 4.42. The molecular weight excluding hydrogens is 280 g/mol. The third kappa shape index (κ3) is 4.09. The van der Waals surface area contributed by atoms with Crippen LogP contribution in [-0.4, -0.2) is 34.0 Å². The van der Waals surface area contributed by atoms with E-state index in [4.69, 9.17) is 11.6 Å². The van der Waals surface area contributed by atoms with Crippen LogP contribution in [0.1, 0.15) is 26.7 Å². The highest BCUT2D eigenvalue weighted by Crippen LogP contribution is 2.42. The van der Waals surface area contributed by atoms with Crippen molar-refractivity contribution in [3.05, 3.63) is 23.4 Å². The van der Waals surface area contributed by atoms with Gasteiger partial charge in [-0.15, -0.1) is 11.8 Å². The first-order chi connectivity index (χ1) is 9.05. The zero-order valence-electron chi connectivity index (χ0n) is 11.4. The van der Waals surface area contributed by atoms with Gasteiger partial charge in [-0.1, -0.05) is 25.4 Å². The summed E-state index contributed by atoms with van der Waals surface area (Å²) in [6.07, 6.45) is 4.07. The first-order valence-electron chi connectivity index (χ1n) is 6.68. The molecule has 1 fully saturated rings. The third-order valence-electron chi connectivity index (χ3n) is 3.39. The molecule has 1 saturated carbocycles. The molecule has 1 unspecified atom stereocenters. The maximum atomic E-state index is 9.84. The molecule has 1 atom stereocenters. The second-order valence-corrected chi connectivity index (χ2v) is 6.92. The Hall–Kier alpha value is -0.290. The van der Waals surface area contributed by atoms with Gasteiger partial charge in [0, 0.05) is 18.0 Å². The van der Waals surface area contributed by atoms with Crippen molar-refractivity contribution < 1.29 is 5.11 Å². The van der Waals surface area contributed by atoms with E-state index in [2.05, 4.69) is 24.1 Å². The molecule has 0 spiro atoms. The van der Waals surface area contributed by atoms with E-state index in [9.17, 15) is 5.11 Å². The Morgan fingerprint density at radius 1 is 1.53 bits per heavy atom. The van der Waals surface area contributed by atoms with Crippen LogP contribution in [0.2, 0.25) is 5.02 Å². The lowest BCUT2D eigenvalue weighted by Gasteiger charge is -2.35. The minimum Gasteiger partial charge on any atom is -0.394 e. The van der Waals surface area contributed by atoms with Gasteiger partial charge in [0.15, 0.2) is 0 Å². The minimum atomic E-state index is -0.180. The number of halogens is 1. The number of hydrogen-bond acceptors (Lipinski definition) is 4. The molecule has 0 amide bonds. The molecule has 0 saturated heterocycles. The van der Waals surface area contributed by atoms with Crippen molar-refractivity contribution in [1.82, 2.24) is 10.3 Å². The average Bonchev–Trinajstić information content (AvgIpc) is 3.20. The predicted molar refractivity (Wildman–Crippen MR) is 80.8 cm³/mol. The summed E-state index contributed by atoms with van der Waals surface area (Å²) in [5, 5.41) is 15.0. The quantitative estimate of drug-likeness (QED) is 0.760. The molecule has 2 rings (SSSR count). The molecule has 2 N–H and O–H groups in total. The molecule has 5 heteroatoms. The summed E-state index contributed by atoms with van der Waals surface area (Å²) in [5.41, 5.74) is -0.180. The summed E-state index contributed by atoms with van der Waals surface area (Å²) in [6, 6.07) is 4.15. The minimum absolute atomic E-state index is 0.177. The molecular formula is C14H21ClN2OS. The molecule has 1 aliphatic rings. The van der Waals surface area contributed by atoms with Crippen molar-refractivity contribution in [1.29, 1.82) is 0 Å². The lowest BCUT2D eigenvalue weighted by atomic mass is 9.95. The summed E-state index contributed by atoms with van der Waals surface area (Å²) >= 11 is 7.51. The van der Waals surface area contributed by atoms with E-state index in [1.165, 1.54) is 12.8 Å². The second kappa shape index (κ2) is 6.44. The molecule has 1 heterocycles. The Morgan fingerprint density at radius 3 is 2.74 bits per heavy atom. The maximum absolute atomic E-state index is 9.84. The van der Waals surface area contributed by atoms with Gasteiger partial charge < -0.3 is 10.4 Å². The molecule has 0 aliphatic heterocycles. The number of nitrogens with one attached hydrogen (secondary N) is 1. The monoisotopic (exact) mass is 300 g/mol. The van der Waals surface area contributed by atoms with E-state index in [-0.39, 0.29) is 12.1 Å². The summed E-state index contributed by atoms with van der Waals surface area (Å²) in [4.78, 5) is 4.30.